The summed E-state index contributed by atoms with van der Waals surface area (Å²) in [4.78, 5) is 0. The van der Waals surface area contributed by atoms with Crippen molar-refractivity contribution in [3.05, 3.63) is 63.6 Å². The molecular formula is C13H9Cl2F2N. The Morgan fingerprint density at radius 1 is 1.06 bits per heavy atom. The van der Waals surface area contributed by atoms with E-state index in [0.717, 1.165) is 11.6 Å². The predicted octanol–water partition coefficient (Wildman–Crippen LogP) is 4.88. The van der Waals surface area contributed by atoms with Gasteiger partial charge in [-0.2, -0.15) is 0 Å². The van der Waals surface area contributed by atoms with Crippen molar-refractivity contribution in [2.45, 2.75) is 6.54 Å². The van der Waals surface area contributed by atoms with E-state index >= 15 is 0 Å². The topological polar surface area (TPSA) is 12.0 Å². The molecule has 0 amide bonds. The Labute approximate surface area is 113 Å². The zero-order valence-corrected chi connectivity index (χ0v) is 10.7. The lowest BCUT2D eigenvalue weighted by Gasteiger charge is -2.09. The van der Waals surface area contributed by atoms with Gasteiger partial charge in [0, 0.05) is 16.6 Å². The molecule has 0 aliphatic rings. The highest BCUT2D eigenvalue weighted by molar-refractivity contribution is 6.35. The zero-order chi connectivity index (χ0) is 13.1. The van der Waals surface area contributed by atoms with Crippen molar-refractivity contribution >= 4 is 28.9 Å². The SMILES string of the molecule is Fc1cccc(NCc2ccc(Cl)cc2Cl)c1F. The van der Waals surface area contributed by atoms with Gasteiger partial charge in [-0.1, -0.05) is 35.3 Å². The summed E-state index contributed by atoms with van der Waals surface area (Å²) in [7, 11) is 0. The minimum atomic E-state index is -0.900. The van der Waals surface area contributed by atoms with Crippen LogP contribution in [0.3, 0.4) is 0 Å². The lowest BCUT2D eigenvalue weighted by Crippen LogP contribution is -2.03. The average molecular weight is 288 g/mol. The molecule has 5 heteroatoms. The van der Waals surface area contributed by atoms with Crippen LogP contribution in [0.25, 0.3) is 0 Å². The number of hydrogen-bond donors (Lipinski definition) is 1. The van der Waals surface area contributed by atoms with E-state index in [4.69, 9.17) is 23.2 Å². The number of hydrogen-bond acceptors (Lipinski definition) is 1. The second-order valence-electron chi connectivity index (χ2n) is 3.69. The lowest BCUT2D eigenvalue weighted by atomic mass is 10.2. The maximum atomic E-state index is 13.4. The fourth-order valence-electron chi connectivity index (χ4n) is 1.50. The molecule has 94 valence electrons. The summed E-state index contributed by atoms with van der Waals surface area (Å²) >= 11 is 11.7. The Kier molecular flexibility index (Phi) is 4.04. The molecule has 18 heavy (non-hydrogen) atoms. The van der Waals surface area contributed by atoms with E-state index in [1.807, 2.05) is 0 Å². The van der Waals surface area contributed by atoms with E-state index < -0.39 is 11.6 Å². The monoisotopic (exact) mass is 287 g/mol. The molecule has 0 heterocycles. The highest BCUT2D eigenvalue weighted by atomic mass is 35.5. The fourth-order valence-corrected chi connectivity index (χ4v) is 1.97. The Morgan fingerprint density at radius 3 is 2.56 bits per heavy atom. The van der Waals surface area contributed by atoms with Crippen LogP contribution in [-0.2, 0) is 6.54 Å². The fraction of sp³-hybridized carbons (Fsp3) is 0.0769. The van der Waals surface area contributed by atoms with E-state index in [1.54, 1.807) is 18.2 Å². The predicted molar refractivity (Wildman–Crippen MR) is 70.1 cm³/mol. The molecule has 1 N–H and O–H groups in total. The van der Waals surface area contributed by atoms with Crippen LogP contribution in [0.15, 0.2) is 36.4 Å². The van der Waals surface area contributed by atoms with Crippen molar-refractivity contribution in [3.8, 4) is 0 Å². The first kappa shape index (κ1) is 13.1. The molecule has 2 aromatic carbocycles. The zero-order valence-electron chi connectivity index (χ0n) is 9.18. The molecule has 0 aromatic heterocycles. The van der Waals surface area contributed by atoms with Crippen molar-refractivity contribution in [3.63, 3.8) is 0 Å². The van der Waals surface area contributed by atoms with Gasteiger partial charge in [-0.05, 0) is 29.8 Å². The maximum absolute atomic E-state index is 13.4. The van der Waals surface area contributed by atoms with E-state index in [2.05, 4.69) is 5.32 Å². The molecule has 0 saturated carbocycles. The molecule has 2 rings (SSSR count). The Hall–Kier alpha value is -1.32. The van der Waals surface area contributed by atoms with Gasteiger partial charge in [0.2, 0.25) is 0 Å². The Bertz CT molecular complexity index is 573. The van der Waals surface area contributed by atoms with Gasteiger partial charge in [-0.3, -0.25) is 0 Å². The van der Waals surface area contributed by atoms with Crippen LogP contribution >= 0.6 is 23.2 Å². The van der Waals surface area contributed by atoms with E-state index in [0.29, 0.717) is 10.0 Å². The minimum absolute atomic E-state index is 0.0982. The highest BCUT2D eigenvalue weighted by Crippen LogP contribution is 2.23. The van der Waals surface area contributed by atoms with Crippen LogP contribution in [0.5, 0.6) is 0 Å². The first-order valence-corrected chi connectivity index (χ1v) is 5.95. The first-order valence-electron chi connectivity index (χ1n) is 5.20. The summed E-state index contributed by atoms with van der Waals surface area (Å²) in [6.45, 7) is 0.288. The quantitative estimate of drug-likeness (QED) is 0.848. The molecule has 2 aromatic rings. The van der Waals surface area contributed by atoms with Gasteiger partial charge in [0.15, 0.2) is 11.6 Å². The summed E-state index contributed by atoms with van der Waals surface area (Å²) in [5.74, 6) is -1.79. The van der Waals surface area contributed by atoms with Gasteiger partial charge in [0.1, 0.15) is 0 Å². The van der Waals surface area contributed by atoms with Gasteiger partial charge in [0.25, 0.3) is 0 Å². The molecule has 0 unspecified atom stereocenters. The van der Waals surface area contributed by atoms with Gasteiger partial charge in [-0.15, -0.1) is 0 Å². The second-order valence-corrected chi connectivity index (χ2v) is 4.53. The smallest absolute Gasteiger partial charge is 0.181 e. The number of anilines is 1. The van der Waals surface area contributed by atoms with Crippen molar-refractivity contribution in [1.82, 2.24) is 0 Å². The van der Waals surface area contributed by atoms with Crippen molar-refractivity contribution in [1.29, 1.82) is 0 Å². The Balaban J connectivity index is 2.14. The van der Waals surface area contributed by atoms with Gasteiger partial charge < -0.3 is 5.32 Å². The third-order valence-electron chi connectivity index (χ3n) is 2.44. The third kappa shape index (κ3) is 2.92. The van der Waals surface area contributed by atoms with Crippen LogP contribution in [0, 0.1) is 11.6 Å². The number of benzene rings is 2. The number of rotatable bonds is 3. The normalized spacial score (nSPS) is 10.4. The van der Waals surface area contributed by atoms with Crippen LogP contribution in [-0.4, -0.2) is 0 Å². The third-order valence-corrected chi connectivity index (χ3v) is 3.02. The molecule has 0 aliphatic carbocycles. The summed E-state index contributed by atoms with van der Waals surface area (Å²) in [6.07, 6.45) is 0. The highest BCUT2D eigenvalue weighted by Gasteiger charge is 2.08. The van der Waals surface area contributed by atoms with Crippen LogP contribution in [0.1, 0.15) is 5.56 Å². The standard InChI is InChI=1S/C13H9Cl2F2N/c14-9-5-4-8(10(15)6-9)7-18-12-3-1-2-11(16)13(12)17/h1-6,18H,7H2. The Morgan fingerprint density at radius 2 is 1.83 bits per heavy atom. The molecule has 0 spiro atoms. The molecule has 0 fully saturated rings. The molecule has 0 aliphatic heterocycles. The van der Waals surface area contributed by atoms with Gasteiger partial charge in [-0.25, -0.2) is 8.78 Å². The largest absolute Gasteiger partial charge is 0.378 e. The average Bonchev–Trinajstić information content (AvgIpc) is 2.33. The van der Waals surface area contributed by atoms with Gasteiger partial charge in [0.05, 0.1) is 5.69 Å². The summed E-state index contributed by atoms with van der Waals surface area (Å²) in [5.41, 5.74) is 0.853. The minimum Gasteiger partial charge on any atom is -0.378 e. The van der Waals surface area contributed by atoms with Gasteiger partial charge >= 0.3 is 0 Å². The molecule has 0 bridgehead atoms. The molecular weight excluding hydrogens is 279 g/mol. The molecule has 1 nitrogen and oxygen atoms in total. The van der Waals surface area contributed by atoms with Crippen LogP contribution in [0.2, 0.25) is 10.0 Å². The van der Waals surface area contributed by atoms with E-state index in [1.165, 1.54) is 12.1 Å². The summed E-state index contributed by atoms with van der Waals surface area (Å²) in [6, 6.07) is 8.98. The molecule has 0 saturated heterocycles. The summed E-state index contributed by atoms with van der Waals surface area (Å²) in [5, 5.41) is 3.79. The maximum Gasteiger partial charge on any atom is 0.181 e. The molecule has 0 radical (unpaired) electrons. The first-order chi connectivity index (χ1) is 8.58. The number of nitrogens with one attached hydrogen (secondary N) is 1. The van der Waals surface area contributed by atoms with Crippen molar-refractivity contribution in [2.24, 2.45) is 0 Å². The lowest BCUT2D eigenvalue weighted by molar-refractivity contribution is 0.511. The van der Waals surface area contributed by atoms with Crippen molar-refractivity contribution < 1.29 is 8.78 Å². The van der Waals surface area contributed by atoms with E-state index in [9.17, 15) is 8.78 Å². The van der Waals surface area contributed by atoms with Crippen LogP contribution in [0.4, 0.5) is 14.5 Å². The second kappa shape index (κ2) is 5.55. The number of halogens is 4. The van der Waals surface area contributed by atoms with Crippen molar-refractivity contribution in [2.75, 3.05) is 5.32 Å². The van der Waals surface area contributed by atoms with Crippen LogP contribution < -0.4 is 5.32 Å². The van der Waals surface area contributed by atoms with E-state index in [-0.39, 0.29) is 12.2 Å². The molecule has 0 atom stereocenters. The summed E-state index contributed by atoms with van der Waals surface area (Å²) < 4.78 is 26.4.